The predicted molar refractivity (Wildman–Crippen MR) is 123 cm³/mol. The lowest BCUT2D eigenvalue weighted by molar-refractivity contribution is -0.192. The summed E-state index contributed by atoms with van der Waals surface area (Å²) >= 11 is 0.980. The van der Waals surface area contributed by atoms with Crippen molar-refractivity contribution in [2.45, 2.75) is 50.9 Å². The Bertz CT molecular complexity index is 1260. The fourth-order valence-corrected chi connectivity index (χ4v) is 4.43. The van der Waals surface area contributed by atoms with Crippen LogP contribution in [-0.4, -0.2) is 96.0 Å². The first-order valence-corrected chi connectivity index (χ1v) is 12.5. The van der Waals surface area contributed by atoms with E-state index in [9.17, 15) is 32.8 Å². The molecular formula is C17H25N9O8S2. The maximum atomic E-state index is 13.1. The highest BCUT2D eigenvalue weighted by atomic mass is 32.2. The van der Waals surface area contributed by atoms with Crippen LogP contribution in [0.3, 0.4) is 0 Å². The molecule has 0 aromatic carbocycles. The van der Waals surface area contributed by atoms with E-state index in [2.05, 4.69) is 31.0 Å². The molecule has 0 unspecified atom stereocenters. The Morgan fingerprint density at radius 1 is 1.42 bits per heavy atom. The summed E-state index contributed by atoms with van der Waals surface area (Å²) in [5.74, 6) is -2.12. The first-order valence-electron chi connectivity index (χ1n) is 10.2. The van der Waals surface area contributed by atoms with Crippen LogP contribution in [0.5, 0.6) is 0 Å². The van der Waals surface area contributed by atoms with Gasteiger partial charge in [0.1, 0.15) is 17.8 Å². The van der Waals surface area contributed by atoms with Crippen molar-refractivity contribution in [2.24, 2.45) is 5.16 Å². The number of aliphatic hydroxyl groups is 2. The van der Waals surface area contributed by atoms with Crippen LogP contribution in [0.25, 0.3) is 0 Å². The van der Waals surface area contributed by atoms with Gasteiger partial charge in [-0.05, 0) is 20.9 Å². The van der Waals surface area contributed by atoms with Crippen molar-refractivity contribution in [1.29, 1.82) is 0 Å². The van der Waals surface area contributed by atoms with E-state index in [1.54, 1.807) is 7.05 Å². The number of nitrogens with zero attached hydrogens (tertiary/aromatic N) is 6. The molecule has 17 nitrogen and oxygen atoms in total. The number of carbonyl (C=O) groups is 2. The molecule has 2 aromatic heterocycles. The molecule has 198 valence electrons. The number of amides is 2. The number of thiazole rings is 1. The number of anilines is 1. The minimum Gasteiger partial charge on any atom is -0.384 e. The molecule has 2 atom stereocenters. The zero-order chi connectivity index (χ0) is 26.8. The summed E-state index contributed by atoms with van der Waals surface area (Å²) in [6, 6.07) is -2.69. The number of nitrogen functional groups attached to an aromatic ring is 1. The first kappa shape index (κ1) is 27.4. The van der Waals surface area contributed by atoms with Gasteiger partial charge in [-0.15, -0.1) is 11.3 Å². The van der Waals surface area contributed by atoms with Gasteiger partial charge in [0.25, 0.3) is 11.8 Å². The Morgan fingerprint density at radius 2 is 2.11 bits per heavy atom. The van der Waals surface area contributed by atoms with E-state index in [0.717, 1.165) is 16.1 Å². The van der Waals surface area contributed by atoms with E-state index in [-0.39, 0.29) is 21.7 Å². The molecule has 1 aliphatic heterocycles. The molecule has 19 heteroatoms. The van der Waals surface area contributed by atoms with Crippen LogP contribution < -0.4 is 16.4 Å². The zero-order valence-electron chi connectivity index (χ0n) is 19.3. The van der Waals surface area contributed by atoms with Crippen LogP contribution in [0.1, 0.15) is 25.2 Å². The molecule has 7 N–H and O–H groups in total. The number of aromatic nitrogens is 4. The molecule has 1 aliphatic rings. The summed E-state index contributed by atoms with van der Waals surface area (Å²) in [6.07, 6.45) is -0.532. The predicted octanol–water partition coefficient (Wildman–Crippen LogP) is -2.96. The SMILES string of the molecule is CNCc1cnn(C[C@@H]2[C@H](NC(=O)/C(=N\OC(C)(C)C(O)O)c3csc(N)n3)C(=O)N2S(=O)(=O)O)n1. The first-order chi connectivity index (χ1) is 16.7. The topological polar surface area (TPSA) is 247 Å². The van der Waals surface area contributed by atoms with Crippen LogP contribution in [-0.2, 0) is 37.8 Å². The summed E-state index contributed by atoms with van der Waals surface area (Å²) in [7, 11) is -3.26. The van der Waals surface area contributed by atoms with Gasteiger partial charge in [-0.25, -0.2) is 9.29 Å². The van der Waals surface area contributed by atoms with Crippen molar-refractivity contribution in [2.75, 3.05) is 12.8 Å². The fraction of sp³-hybridized carbons (Fsp3) is 0.529. The highest BCUT2D eigenvalue weighted by Gasteiger charge is 2.54. The van der Waals surface area contributed by atoms with E-state index in [1.807, 2.05) is 0 Å². The average Bonchev–Trinajstić information content (AvgIpc) is 3.39. The maximum Gasteiger partial charge on any atom is 0.362 e. The fourth-order valence-electron chi connectivity index (χ4n) is 3.01. The summed E-state index contributed by atoms with van der Waals surface area (Å²) in [4.78, 5) is 35.8. The van der Waals surface area contributed by atoms with Crippen molar-refractivity contribution in [3.05, 3.63) is 23.0 Å². The maximum absolute atomic E-state index is 13.1. The minimum atomic E-state index is -4.95. The zero-order valence-corrected chi connectivity index (χ0v) is 20.9. The summed E-state index contributed by atoms with van der Waals surface area (Å²) < 4.78 is 33.3. The third-order valence-electron chi connectivity index (χ3n) is 4.97. The molecule has 0 bridgehead atoms. The van der Waals surface area contributed by atoms with Gasteiger partial charge in [-0.3, -0.25) is 14.1 Å². The van der Waals surface area contributed by atoms with E-state index >= 15 is 0 Å². The van der Waals surface area contributed by atoms with E-state index in [4.69, 9.17) is 10.6 Å². The third kappa shape index (κ3) is 5.94. The summed E-state index contributed by atoms with van der Waals surface area (Å²) in [5, 5.41) is 37.3. The smallest absolute Gasteiger partial charge is 0.362 e. The third-order valence-corrected chi connectivity index (χ3v) is 6.59. The second-order valence-electron chi connectivity index (χ2n) is 8.13. The number of carbonyl (C=O) groups excluding carboxylic acids is 2. The van der Waals surface area contributed by atoms with Gasteiger partial charge in [0.2, 0.25) is 0 Å². The van der Waals surface area contributed by atoms with Crippen LogP contribution in [0.2, 0.25) is 0 Å². The molecule has 36 heavy (non-hydrogen) atoms. The number of hydrogen-bond acceptors (Lipinski definition) is 14. The number of oxime groups is 1. The number of rotatable bonds is 11. The number of β-lactam (4-membered cyclic amide) rings is 1. The summed E-state index contributed by atoms with van der Waals surface area (Å²) in [5.41, 5.74) is 4.02. The van der Waals surface area contributed by atoms with Crippen molar-refractivity contribution in [1.82, 2.24) is 34.9 Å². The second-order valence-corrected chi connectivity index (χ2v) is 10.3. The molecule has 1 fully saturated rings. The molecule has 0 aliphatic carbocycles. The van der Waals surface area contributed by atoms with E-state index in [0.29, 0.717) is 12.2 Å². The Labute approximate surface area is 208 Å². The van der Waals surface area contributed by atoms with Gasteiger partial charge in [-0.2, -0.15) is 23.4 Å². The minimum absolute atomic E-state index is 0.0429. The van der Waals surface area contributed by atoms with Crippen LogP contribution in [0, 0.1) is 0 Å². The van der Waals surface area contributed by atoms with Crippen molar-refractivity contribution < 1.29 is 37.6 Å². The number of nitrogens with two attached hydrogens (primary N) is 1. The lowest BCUT2D eigenvalue weighted by Gasteiger charge is -2.43. The Balaban J connectivity index is 1.87. The standard InChI is InChI=1S/C17H25N9O8S2/c1-17(2,15(29)30)34-24-11(9-7-35-16(18)21-9)13(27)22-12-10(26(14(12)28)36(31,32)33)6-25-20-5-8(23-25)4-19-3/h5,7,10,12,15,19,29-30H,4,6H2,1-3H3,(H2,18,21)(H,22,27)(H,31,32,33)/b24-11-/t10-,12+/m1/s1. The quantitative estimate of drug-likeness (QED) is 0.0542. The largest absolute Gasteiger partial charge is 0.384 e. The molecule has 0 spiro atoms. The van der Waals surface area contributed by atoms with E-state index in [1.165, 1.54) is 25.4 Å². The molecule has 3 rings (SSSR count). The molecule has 2 amide bonds. The van der Waals surface area contributed by atoms with Crippen molar-refractivity contribution in [3.63, 3.8) is 0 Å². The number of aliphatic hydroxyl groups excluding tert-OH is 1. The molecule has 3 heterocycles. The second kappa shape index (κ2) is 10.4. The van der Waals surface area contributed by atoms with E-state index < -0.39 is 51.8 Å². The molecule has 0 radical (unpaired) electrons. The van der Waals surface area contributed by atoms with Crippen LogP contribution in [0.4, 0.5) is 5.13 Å². The number of nitrogens with one attached hydrogen (secondary N) is 2. The van der Waals surface area contributed by atoms with Gasteiger partial charge in [-0.1, -0.05) is 5.16 Å². The van der Waals surface area contributed by atoms with Gasteiger partial charge in [0.05, 0.1) is 18.4 Å². The highest BCUT2D eigenvalue weighted by Crippen LogP contribution is 2.25. The van der Waals surface area contributed by atoms with Gasteiger partial charge in [0.15, 0.2) is 22.7 Å². The lowest BCUT2D eigenvalue weighted by Crippen LogP contribution is -2.73. The Kier molecular flexibility index (Phi) is 7.91. The highest BCUT2D eigenvalue weighted by molar-refractivity contribution is 7.84. The van der Waals surface area contributed by atoms with Gasteiger partial charge >= 0.3 is 10.3 Å². The molecular weight excluding hydrogens is 522 g/mol. The van der Waals surface area contributed by atoms with Crippen molar-refractivity contribution >= 4 is 44.3 Å². The average molecular weight is 548 g/mol. The number of hydrogen-bond donors (Lipinski definition) is 6. The molecule has 1 saturated heterocycles. The molecule has 0 saturated carbocycles. The van der Waals surface area contributed by atoms with Crippen LogP contribution in [0.15, 0.2) is 16.7 Å². The summed E-state index contributed by atoms with van der Waals surface area (Å²) in [6.45, 7) is 2.68. The lowest BCUT2D eigenvalue weighted by atomic mass is 9.98. The monoisotopic (exact) mass is 547 g/mol. The van der Waals surface area contributed by atoms with Gasteiger partial charge < -0.3 is 31.4 Å². The van der Waals surface area contributed by atoms with Crippen molar-refractivity contribution in [3.8, 4) is 0 Å². The Morgan fingerprint density at radius 3 is 2.67 bits per heavy atom. The normalized spacial score (nSPS) is 18.9. The van der Waals surface area contributed by atoms with Crippen LogP contribution >= 0.6 is 11.3 Å². The Hall–Kier alpha value is -3.23. The molecule has 2 aromatic rings. The van der Waals surface area contributed by atoms with Gasteiger partial charge in [0, 0.05) is 11.9 Å².